The first-order valence-corrected chi connectivity index (χ1v) is 15.5. The van der Waals surface area contributed by atoms with Gasteiger partial charge in [0.15, 0.2) is 0 Å². The maximum atomic E-state index is 15.2. The highest BCUT2D eigenvalue weighted by atomic mass is 19.1. The van der Waals surface area contributed by atoms with E-state index in [1.54, 1.807) is 6.07 Å². The van der Waals surface area contributed by atoms with Crippen LogP contribution in [0.15, 0.2) is 60.0 Å². The molecule has 1 aromatic carbocycles. The second-order valence-corrected chi connectivity index (χ2v) is 12.9. The van der Waals surface area contributed by atoms with Crippen LogP contribution in [-0.2, 0) is 13.0 Å². The van der Waals surface area contributed by atoms with Gasteiger partial charge in [-0.1, -0.05) is 52.0 Å². The molecule has 208 valence electrons. The molecular formula is C36H42FN3. The molecule has 7 rings (SSSR count). The SMILES string of the molecule is C=C1CCC2=C(C=C3c4nc5cc(F)c(C)c6c5c(c4CN3C2=C)C(NC(=C)C2(CCC)CCC2)CC6)C1CC. The Hall–Kier alpha value is -3.14. The molecule has 3 heterocycles. The fraction of sp³-hybridized carbons (Fsp3) is 0.472. The highest BCUT2D eigenvalue weighted by molar-refractivity contribution is 5.93. The van der Waals surface area contributed by atoms with Crippen molar-refractivity contribution in [2.45, 2.75) is 97.6 Å². The van der Waals surface area contributed by atoms with Crippen molar-refractivity contribution < 1.29 is 4.39 Å². The molecule has 2 unspecified atom stereocenters. The van der Waals surface area contributed by atoms with Gasteiger partial charge >= 0.3 is 0 Å². The van der Waals surface area contributed by atoms with Gasteiger partial charge in [0.2, 0.25) is 0 Å². The lowest BCUT2D eigenvalue weighted by atomic mass is 9.64. The van der Waals surface area contributed by atoms with Gasteiger partial charge in [-0.2, -0.15) is 0 Å². The largest absolute Gasteiger partial charge is 0.382 e. The van der Waals surface area contributed by atoms with Crippen LogP contribution in [0.3, 0.4) is 0 Å². The van der Waals surface area contributed by atoms with Crippen molar-refractivity contribution in [3.63, 3.8) is 0 Å². The van der Waals surface area contributed by atoms with Gasteiger partial charge in [-0.15, -0.1) is 0 Å². The minimum Gasteiger partial charge on any atom is -0.382 e. The number of nitrogens with one attached hydrogen (secondary N) is 1. The zero-order valence-electron chi connectivity index (χ0n) is 24.5. The molecule has 3 nitrogen and oxygen atoms in total. The van der Waals surface area contributed by atoms with Crippen molar-refractivity contribution in [2.24, 2.45) is 11.3 Å². The monoisotopic (exact) mass is 535 g/mol. The number of rotatable bonds is 6. The third kappa shape index (κ3) is 3.50. The second kappa shape index (κ2) is 9.19. The molecule has 0 spiro atoms. The predicted molar refractivity (Wildman–Crippen MR) is 163 cm³/mol. The number of nitrogens with zero attached hydrogens (tertiary/aromatic N) is 2. The number of hydrogen-bond acceptors (Lipinski definition) is 3. The second-order valence-electron chi connectivity index (χ2n) is 12.9. The molecule has 3 aliphatic carbocycles. The Kier molecular flexibility index (Phi) is 5.93. The molecule has 0 radical (unpaired) electrons. The van der Waals surface area contributed by atoms with Crippen LogP contribution in [0.1, 0.15) is 106 Å². The van der Waals surface area contributed by atoms with Crippen LogP contribution in [0.25, 0.3) is 16.6 Å². The Morgan fingerprint density at radius 1 is 1.18 bits per heavy atom. The number of hydrogen-bond donors (Lipinski definition) is 1. The van der Waals surface area contributed by atoms with Crippen LogP contribution >= 0.6 is 0 Å². The van der Waals surface area contributed by atoms with Crippen LogP contribution in [-0.4, -0.2) is 9.88 Å². The number of allylic oxidation sites excluding steroid dienone is 5. The molecule has 2 atom stereocenters. The maximum absolute atomic E-state index is 15.2. The summed E-state index contributed by atoms with van der Waals surface area (Å²) in [6.45, 7) is 20.9. The summed E-state index contributed by atoms with van der Waals surface area (Å²) in [5, 5.41) is 5.14. The molecule has 1 saturated carbocycles. The Labute approximate surface area is 238 Å². The summed E-state index contributed by atoms with van der Waals surface area (Å²) in [4.78, 5) is 7.60. The van der Waals surface area contributed by atoms with Crippen molar-refractivity contribution in [3.8, 4) is 0 Å². The van der Waals surface area contributed by atoms with Crippen molar-refractivity contribution in [2.75, 3.05) is 0 Å². The predicted octanol–water partition coefficient (Wildman–Crippen LogP) is 9.10. The topological polar surface area (TPSA) is 28.2 Å². The highest BCUT2D eigenvalue weighted by Crippen LogP contribution is 2.53. The number of pyridine rings is 1. The summed E-state index contributed by atoms with van der Waals surface area (Å²) < 4.78 is 15.2. The molecule has 1 aromatic heterocycles. The summed E-state index contributed by atoms with van der Waals surface area (Å²) in [6, 6.07) is 1.82. The minimum atomic E-state index is -0.149. The van der Waals surface area contributed by atoms with E-state index in [0.717, 1.165) is 77.8 Å². The average Bonchev–Trinajstić information content (AvgIpc) is 3.28. The lowest BCUT2D eigenvalue weighted by Gasteiger charge is -2.45. The van der Waals surface area contributed by atoms with Crippen LogP contribution in [0.2, 0.25) is 0 Å². The number of aromatic nitrogens is 1. The van der Waals surface area contributed by atoms with Gasteiger partial charge in [0.1, 0.15) is 5.82 Å². The van der Waals surface area contributed by atoms with E-state index in [-0.39, 0.29) is 17.3 Å². The van der Waals surface area contributed by atoms with Gasteiger partial charge in [0, 0.05) is 39.7 Å². The Morgan fingerprint density at radius 2 is 1.98 bits per heavy atom. The molecule has 2 aliphatic heterocycles. The molecule has 0 bridgehead atoms. The van der Waals surface area contributed by atoms with Gasteiger partial charge in [0.25, 0.3) is 0 Å². The quantitative estimate of drug-likeness (QED) is 0.374. The molecule has 5 aliphatic rings. The van der Waals surface area contributed by atoms with E-state index >= 15 is 4.39 Å². The van der Waals surface area contributed by atoms with Crippen LogP contribution in [0.5, 0.6) is 0 Å². The van der Waals surface area contributed by atoms with Crippen LogP contribution in [0.4, 0.5) is 4.39 Å². The van der Waals surface area contributed by atoms with Gasteiger partial charge in [-0.3, -0.25) is 0 Å². The van der Waals surface area contributed by atoms with Crippen LogP contribution < -0.4 is 5.32 Å². The lowest BCUT2D eigenvalue weighted by Crippen LogP contribution is -2.39. The Morgan fingerprint density at radius 3 is 2.67 bits per heavy atom. The number of fused-ring (bicyclic) bond motifs is 4. The standard InChI is InChI=1S/C36H42FN3/c1-7-14-36(15-9-16-36)23(6)38-30-13-12-25-21(4)29(37)18-31-33(25)34(30)28-19-40-22(5)26-11-10-20(3)24(8-2)27(26)17-32(40)35(28)39-31/h17-18,24,30,38H,3,5-16,19H2,1-2,4H3. The number of benzene rings is 1. The van der Waals surface area contributed by atoms with E-state index in [9.17, 15) is 0 Å². The van der Waals surface area contributed by atoms with E-state index in [1.807, 2.05) is 6.92 Å². The van der Waals surface area contributed by atoms with E-state index < -0.39 is 0 Å². The average molecular weight is 536 g/mol. The fourth-order valence-corrected chi connectivity index (χ4v) is 8.55. The fourth-order valence-electron chi connectivity index (χ4n) is 8.55. The maximum Gasteiger partial charge on any atom is 0.128 e. The first kappa shape index (κ1) is 25.8. The smallest absolute Gasteiger partial charge is 0.128 e. The summed E-state index contributed by atoms with van der Waals surface area (Å²) in [7, 11) is 0. The number of halogens is 1. The van der Waals surface area contributed by atoms with E-state index in [2.05, 4.69) is 49.9 Å². The first-order valence-electron chi connectivity index (χ1n) is 15.5. The molecule has 1 N–H and O–H groups in total. The third-order valence-corrected chi connectivity index (χ3v) is 10.9. The number of aryl methyl sites for hydroxylation is 1. The van der Waals surface area contributed by atoms with Crippen molar-refractivity contribution >= 4 is 16.6 Å². The molecule has 0 amide bonds. The third-order valence-electron chi connectivity index (χ3n) is 10.9. The minimum absolute atomic E-state index is 0.149. The molecule has 0 saturated heterocycles. The highest BCUT2D eigenvalue weighted by Gasteiger charge is 2.43. The zero-order valence-corrected chi connectivity index (χ0v) is 24.5. The normalized spacial score (nSPS) is 24.4. The summed E-state index contributed by atoms with van der Waals surface area (Å²) in [5.41, 5.74) is 14.0. The lowest BCUT2D eigenvalue weighted by molar-refractivity contribution is 0.153. The Bertz CT molecular complexity index is 1570. The molecule has 1 fully saturated rings. The molecule has 2 aromatic rings. The first-order chi connectivity index (χ1) is 19.3. The summed E-state index contributed by atoms with van der Waals surface area (Å²) >= 11 is 0. The van der Waals surface area contributed by atoms with Crippen molar-refractivity contribution in [3.05, 3.63) is 93.8 Å². The van der Waals surface area contributed by atoms with E-state index in [1.165, 1.54) is 65.6 Å². The molecule has 40 heavy (non-hydrogen) atoms. The van der Waals surface area contributed by atoms with Gasteiger partial charge in [-0.05, 0) is 92.2 Å². The molecule has 4 heteroatoms. The van der Waals surface area contributed by atoms with Crippen molar-refractivity contribution in [1.82, 2.24) is 15.2 Å². The Balaban J connectivity index is 1.40. The summed E-state index contributed by atoms with van der Waals surface area (Å²) in [5.74, 6) is 0.212. The van der Waals surface area contributed by atoms with E-state index in [0.29, 0.717) is 5.92 Å². The van der Waals surface area contributed by atoms with Gasteiger partial charge in [0.05, 0.1) is 29.5 Å². The molecular weight excluding hydrogens is 493 g/mol. The van der Waals surface area contributed by atoms with Gasteiger partial charge in [-0.25, -0.2) is 9.37 Å². The van der Waals surface area contributed by atoms with Gasteiger partial charge < -0.3 is 10.2 Å². The van der Waals surface area contributed by atoms with Crippen molar-refractivity contribution in [1.29, 1.82) is 0 Å². The summed E-state index contributed by atoms with van der Waals surface area (Å²) in [6.07, 6.45) is 13.3. The zero-order chi connectivity index (χ0) is 27.9. The van der Waals surface area contributed by atoms with Crippen LogP contribution in [0, 0.1) is 24.1 Å². The van der Waals surface area contributed by atoms with E-state index in [4.69, 9.17) is 4.98 Å².